The van der Waals surface area contributed by atoms with Crippen LogP contribution < -0.4 is 15.8 Å². The Labute approximate surface area is 119 Å². The van der Waals surface area contributed by atoms with E-state index in [4.69, 9.17) is 12.2 Å². The number of H-pyrrole nitrogens is 4. The first-order valence-corrected chi connectivity index (χ1v) is 6.69. The highest BCUT2D eigenvalue weighted by Gasteiger charge is 2.28. The molecule has 2 aromatic rings. The molecule has 0 unspecified atom stereocenters. The van der Waals surface area contributed by atoms with Crippen molar-refractivity contribution in [1.82, 2.24) is 15.1 Å². The number of hydrogen-bond acceptors (Lipinski definition) is 4. The molecular weight excluding hydrogens is 280 g/mol. The topological polar surface area (TPSA) is 122 Å². The molecule has 0 radical (unpaired) electrons. The number of nitrogens with one attached hydrogen (secondary N) is 4. The summed E-state index contributed by atoms with van der Waals surface area (Å²) in [5.74, 6) is -1.08. The quantitative estimate of drug-likeness (QED) is 0.617. The van der Waals surface area contributed by atoms with Crippen LogP contribution in [0.4, 0.5) is 0 Å². The molecule has 0 saturated heterocycles. The molecule has 0 aromatic carbocycles. The summed E-state index contributed by atoms with van der Waals surface area (Å²) in [4.78, 5) is 16.9. The Morgan fingerprint density at radius 1 is 1.40 bits per heavy atom. The third-order valence-electron chi connectivity index (χ3n) is 3.25. The average molecular weight is 296 g/mol. The summed E-state index contributed by atoms with van der Waals surface area (Å²) in [5.41, 5.74) is 0.756. The van der Waals surface area contributed by atoms with Crippen molar-refractivity contribution in [3.05, 3.63) is 31.9 Å². The zero-order valence-electron chi connectivity index (χ0n) is 11.2. The van der Waals surface area contributed by atoms with Crippen LogP contribution in [0.25, 0.3) is 0 Å². The summed E-state index contributed by atoms with van der Waals surface area (Å²) in [5, 5.41) is 27.3. The first-order valence-electron chi connectivity index (χ1n) is 6.28. The zero-order valence-corrected chi connectivity index (χ0v) is 12.0. The largest absolute Gasteiger partial charge is 0.860 e. The summed E-state index contributed by atoms with van der Waals surface area (Å²) < 4.78 is 0.000531. The van der Waals surface area contributed by atoms with E-state index in [0.717, 1.165) is 6.42 Å². The SMILES string of the molecule is CCC[C@H](c1c(C)[nH][nH+]c1O)c1c([O-])[nH]c(=S)[nH]c1=O. The zero-order chi connectivity index (χ0) is 14.9. The van der Waals surface area contributed by atoms with Crippen LogP contribution in [0.5, 0.6) is 11.8 Å². The average Bonchev–Trinajstić information content (AvgIpc) is 2.67. The number of hydrogen-bond donors (Lipinski definition) is 4. The van der Waals surface area contributed by atoms with Gasteiger partial charge in [-0.15, -0.1) is 0 Å². The molecule has 0 fully saturated rings. The summed E-state index contributed by atoms with van der Waals surface area (Å²) in [7, 11) is 0. The molecular formula is C12H16N4O3S. The van der Waals surface area contributed by atoms with Gasteiger partial charge in [0.25, 0.3) is 5.56 Å². The molecule has 108 valence electrons. The monoisotopic (exact) mass is 296 g/mol. The van der Waals surface area contributed by atoms with E-state index in [1.165, 1.54) is 0 Å². The molecule has 0 amide bonds. The van der Waals surface area contributed by atoms with Gasteiger partial charge in [-0.2, -0.15) is 5.10 Å². The highest BCUT2D eigenvalue weighted by Crippen LogP contribution is 2.35. The fraction of sp³-hybridized carbons (Fsp3) is 0.417. The van der Waals surface area contributed by atoms with Gasteiger partial charge in [0.05, 0.1) is 11.3 Å². The predicted octanol–water partition coefficient (Wildman–Crippen LogP) is 0.594. The van der Waals surface area contributed by atoms with Gasteiger partial charge in [0.2, 0.25) is 0 Å². The molecule has 7 nitrogen and oxygen atoms in total. The van der Waals surface area contributed by atoms with E-state index in [2.05, 4.69) is 20.2 Å². The van der Waals surface area contributed by atoms with E-state index < -0.39 is 17.4 Å². The summed E-state index contributed by atoms with van der Waals surface area (Å²) in [6.07, 6.45) is 1.31. The number of aromatic nitrogens is 4. The highest BCUT2D eigenvalue weighted by atomic mass is 32.1. The van der Waals surface area contributed by atoms with Crippen LogP contribution in [0, 0.1) is 11.7 Å². The lowest BCUT2D eigenvalue weighted by molar-refractivity contribution is -0.462. The maximum atomic E-state index is 12.1. The molecule has 2 rings (SSSR count). The maximum Gasteiger partial charge on any atom is 0.392 e. The molecule has 2 aromatic heterocycles. The summed E-state index contributed by atoms with van der Waals surface area (Å²) >= 11 is 4.78. The number of rotatable bonds is 4. The Balaban J connectivity index is 2.67. The van der Waals surface area contributed by atoms with Crippen LogP contribution in [0.2, 0.25) is 0 Å². The second-order valence-electron chi connectivity index (χ2n) is 4.63. The van der Waals surface area contributed by atoms with E-state index in [1.54, 1.807) is 6.92 Å². The third kappa shape index (κ3) is 2.46. The Bertz CT molecular complexity index is 712. The van der Waals surface area contributed by atoms with Crippen LogP contribution in [0.3, 0.4) is 0 Å². The van der Waals surface area contributed by atoms with Gasteiger partial charge >= 0.3 is 5.88 Å². The van der Waals surface area contributed by atoms with Crippen LogP contribution in [-0.4, -0.2) is 20.2 Å². The lowest BCUT2D eigenvalue weighted by Crippen LogP contribution is -2.22. The second kappa shape index (κ2) is 5.49. The minimum atomic E-state index is -0.516. The van der Waals surface area contributed by atoms with Crippen molar-refractivity contribution in [2.45, 2.75) is 32.6 Å². The predicted molar refractivity (Wildman–Crippen MR) is 72.2 cm³/mol. The van der Waals surface area contributed by atoms with Crippen molar-refractivity contribution < 1.29 is 15.3 Å². The van der Waals surface area contributed by atoms with Crippen molar-refractivity contribution >= 4 is 12.2 Å². The maximum absolute atomic E-state index is 12.1. The Morgan fingerprint density at radius 3 is 2.60 bits per heavy atom. The van der Waals surface area contributed by atoms with E-state index in [1.807, 2.05) is 6.92 Å². The van der Waals surface area contributed by atoms with Gasteiger partial charge in [0.15, 0.2) is 4.77 Å². The molecule has 0 aliphatic heterocycles. The smallest absolute Gasteiger partial charge is 0.392 e. The van der Waals surface area contributed by atoms with Crippen LogP contribution in [-0.2, 0) is 0 Å². The molecule has 20 heavy (non-hydrogen) atoms. The third-order valence-corrected chi connectivity index (χ3v) is 3.45. The van der Waals surface area contributed by atoms with Gasteiger partial charge in [-0.05, 0) is 31.4 Å². The minimum absolute atomic E-state index is 0.000531. The Morgan fingerprint density at radius 2 is 2.10 bits per heavy atom. The molecule has 0 aliphatic rings. The molecule has 0 saturated carbocycles. The Kier molecular flexibility index (Phi) is 3.93. The Hall–Kier alpha value is -2.09. The summed E-state index contributed by atoms with van der Waals surface area (Å²) in [6.45, 7) is 3.71. The van der Waals surface area contributed by atoms with Crippen LogP contribution in [0.1, 0.15) is 42.5 Å². The molecule has 5 N–H and O–H groups in total. The number of aromatic amines is 4. The fourth-order valence-corrected chi connectivity index (χ4v) is 2.59. The van der Waals surface area contributed by atoms with Crippen molar-refractivity contribution in [1.29, 1.82) is 0 Å². The van der Waals surface area contributed by atoms with Gasteiger partial charge in [0, 0.05) is 11.5 Å². The van der Waals surface area contributed by atoms with Gasteiger partial charge in [-0.1, -0.05) is 18.4 Å². The first kappa shape index (κ1) is 14.3. The first-order chi connectivity index (χ1) is 9.45. The normalized spacial score (nSPS) is 12.5. The van der Waals surface area contributed by atoms with Gasteiger partial charge in [-0.25, -0.2) is 0 Å². The van der Waals surface area contributed by atoms with Gasteiger partial charge in [0.1, 0.15) is 0 Å². The van der Waals surface area contributed by atoms with Crippen LogP contribution >= 0.6 is 12.2 Å². The lowest BCUT2D eigenvalue weighted by Gasteiger charge is -2.20. The van der Waals surface area contributed by atoms with Gasteiger partial charge < -0.3 is 15.2 Å². The highest BCUT2D eigenvalue weighted by molar-refractivity contribution is 7.71. The van der Waals surface area contributed by atoms with Crippen molar-refractivity contribution in [2.75, 3.05) is 0 Å². The molecule has 0 bridgehead atoms. The van der Waals surface area contributed by atoms with Crippen molar-refractivity contribution in [2.24, 2.45) is 0 Å². The molecule has 8 heteroatoms. The van der Waals surface area contributed by atoms with Crippen molar-refractivity contribution in [3.8, 4) is 11.8 Å². The van der Waals surface area contributed by atoms with E-state index in [9.17, 15) is 15.0 Å². The summed E-state index contributed by atoms with van der Waals surface area (Å²) in [6, 6.07) is 0. The van der Waals surface area contributed by atoms with E-state index in [-0.39, 0.29) is 16.2 Å². The standard InChI is InChI=1S/C12H16N4O3S/c1-3-4-6(7-5(2)15-16-11(7)19)8-9(17)13-12(20)14-10(8)18/h6H,3-4H2,1-2H3,(H2,15,16,19)(H3,13,14,17,18,20)/t6-/m1/s1. The molecule has 0 spiro atoms. The van der Waals surface area contributed by atoms with E-state index in [0.29, 0.717) is 17.7 Å². The lowest BCUT2D eigenvalue weighted by atomic mass is 9.88. The van der Waals surface area contributed by atoms with E-state index >= 15 is 0 Å². The minimum Gasteiger partial charge on any atom is -0.860 e. The number of aryl methyl sites for hydroxylation is 1. The fourth-order valence-electron chi connectivity index (χ4n) is 2.41. The molecule has 1 atom stereocenters. The number of aromatic hydroxyl groups is 1. The molecule has 2 heterocycles. The second-order valence-corrected chi connectivity index (χ2v) is 5.04. The van der Waals surface area contributed by atoms with Crippen LogP contribution in [0.15, 0.2) is 4.79 Å². The van der Waals surface area contributed by atoms with Gasteiger partial charge in [-0.3, -0.25) is 9.78 Å². The molecule has 0 aliphatic carbocycles. The van der Waals surface area contributed by atoms with Crippen molar-refractivity contribution in [3.63, 3.8) is 0 Å².